The molecular weight excluding hydrogens is 443 g/mol. The molecule has 2 aliphatic heterocycles. The molecule has 1 amide bonds. The van der Waals surface area contributed by atoms with Crippen LogP contribution in [0.25, 0.3) is 11.1 Å². The molecule has 2 heterocycles. The normalized spacial score (nSPS) is 22.5. The SMILES string of the molecule is COc1ccc(-c2ccc([C@@H]3[C@@H](CO)N4CCCCN(C(=O)c5ccc(F)cc5)C[C@@H]34)cc2)cc1. The van der Waals surface area contributed by atoms with Gasteiger partial charge in [-0.1, -0.05) is 36.4 Å². The topological polar surface area (TPSA) is 53.0 Å². The summed E-state index contributed by atoms with van der Waals surface area (Å²) in [7, 11) is 1.66. The van der Waals surface area contributed by atoms with Crippen LogP contribution in [-0.2, 0) is 0 Å². The minimum atomic E-state index is -0.344. The molecule has 0 aromatic heterocycles. The van der Waals surface area contributed by atoms with Gasteiger partial charge in [0, 0.05) is 36.7 Å². The first-order chi connectivity index (χ1) is 17.1. The minimum absolute atomic E-state index is 0.0488. The second-order valence-electron chi connectivity index (χ2n) is 9.40. The highest BCUT2D eigenvalue weighted by Gasteiger charge is 2.49. The van der Waals surface area contributed by atoms with Gasteiger partial charge in [0.25, 0.3) is 5.91 Å². The number of ether oxygens (including phenoxy) is 1. The summed E-state index contributed by atoms with van der Waals surface area (Å²) in [5.74, 6) is 0.567. The lowest BCUT2D eigenvalue weighted by Gasteiger charge is -2.57. The van der Waals surface area contributed by atoms with Crippen LogP contribution in [0.5, 0.6) is 5.75 Å². The highest BCUT2D eigenvalue weighted by molar-refractivity contribution is 5.94. The van der Waals surface area contributed by atoms with E-state index in [4.69, 9.17) is 4.74 Å². The second-order valence-corrected chi connectivity index (χ2v) is 9.40. The van der Waals surface area contributed by atoms with E-state index >= 15 is 0 Å². The Morgan fingerprint density at radius 2 is 1.57 bits per heavy atom. The fourth-order valence-electron chi connectivity index (χ4n) is 5.58. The minimum Gasteiger partial charge on any atom is -0.497 e. The van der Waals surface area contributed by atoms with E-state index in [9.17, 15) is 14.3 Å². The van der Waals surface area contributed by atoms with Crippen molar-refractivity contribution in [1.82, 2.24) is 9.80 Å². The quantitative estimate of drug-likeness (QED) is 0.589. The average Bonchev–Trinajstić information content (AvgIpc) is 2.88. The van der Waals surface area contributed by atoms with E-state index in [1.807, 2.05) is 29.2 Å². The van der Waals surface area contributed by atoms with Crippen LogP contribution >= 0.6 is 0 Å². The predicted octanol–water partition coefficient (Wildman–Crippen LogP) is 4.57. The van der Waals surface area contributed by atoms with Crippen LogP contribution in [0.2, 0.25) is 0 Å². The number of hydrogen-bond acceptors (Lipinski definition) is 4. The highest BCUT2D eigenvalue weighted by atomic mass is 19.1. The number of carbonyl (C=O) groups excluding carboxylic acids is 1. The fourth-order valence-corrected chi connectivity index (χ4v) is 5.58. The number of benzene rings is 3. The number of aliphatic hydroxyl groups excluding tert-OH is 1. The Morgan fingerprint density at radius 1 is 0.943 bits per heavy atom. The van der Waals surface area contributed by atoms with Crippen LogP contribution in [0.3, 0.4) is 0 Å². The Labute approximate surface area is 205 Å². The molecule has 0 radical (unpaired) electrons. The first kappa shape index (κ1) is 23.5. The van der Waals surface area contributed by atoms with Crippen molar-refractivity contribution in [1.29, 1.82) is 0 Å². The molecule has 182 valence electrons. The lowest BCUT2D eigenvalue weighted by molar-refractivity contribution is -0.0606. The number of methoxy groups -OCH3 is 1. The summed E-state index contributed by atoms with van der Waals surface area (Å²) in [6, 6.07) is 22.5. The smallest absolute Gasteiger partial charge is 0.253 e. The lowest BCUT2D eigenvalue weighted by atomic mass is 9.74. The Morgan fingerprint density at radius 3 is 2.20 bits per heavy atom. The molecule has 3 atom stereocenters. The molecule has 3 aromatic carbocycles. The number of amides is 1. The summed E-state index contributed by atoms with van der Waals surface area (Å²) in [6.45, 7) is 2.30. The maximum absolute atomic E-state index is 13.4. The molecule has 0 bridgehead atoms. The van der Waals surface area contributed by atoms with Crippen molar-refractivity contribution in [3.8, 4) is 16.9 Å². The number of hydrogen-bond donors (Lipinski definition) is 1. The molecule has 5 rings (SSSR count). The van der Waals surface area contributed by atoms with Gasteiger partial charge >= 0.3 is 0 Å². The van der Waals surface area contributed by atoms with Crippen LogP contribution in [0.15, 0.2) is 72.8 Å². The fraction of sp³-hybridized carbons (Fsp3) is 0.345. The van der Waals surface area contributed by atoms with E-state index in [-0.39, 0.29) is 36.3 Å². The van der Waals surface area contributed by atoms with Gasteiger partial charge in [-0.05, 0) is 72.5 Å². The van der Waals surface area contributed by atoms with Crippen molar-refractivity contribution in [2.24, 2.45) is 0 Å². The maximum Gasteiger partial charge on any atom is 0.253 e. The van der Waals surface area contributed by atoms with Gasteiger partial charge in [0.2, 0.25) is 0 Å². The van der Waals surface area contributed by atoms with Gasteiger partial charge in [-0.3, -0.25) is 9.69 Å². The number of rotatable bonds is 5. The molecule has 3 aromatic rings. The molecule has 2 aliphatic rings. The molecule has 6 heteroatoms. The monoisotopic (exact) mass is 474 g/mol. The van der Waals surface area contributed by atoms with Crippen LogP contribution in [0, 0.1) is 5.82 Å². The Hall–Kier alpha value is -3.22. The van der Waals surface area contributed by atoms with Crippen molar-refractivity contribution >= 4 is 5.91 Å². The summed E-state index contributed by atoms with van der Waals surface area (Å²) in [5, 5.41) is 10.2. The zero-order valence-electron chi connectivity index (χ0n) is 19.9. The number of carbonyl (C=O) groups is 1. The number of fused-ring (bicyclic) bond motifs is 1. The van der Waals surface area contributed by atoms with Gasteiger partial charge in [0.05, 0.1) is 13.7 Å². The molecule has 35 heavy (non-hydrogen) atoms. The van der Waals surface area contributed by atoms with E-state index in [1.165, 1.54) is 17.7 Å². The van der Waals surface area contributed by atoms with E-state index in [2.05, 4.69) is 29.2 Å². The molecule has 0 unspecified atom stereocenters. The molecule has 0 saturated carbocycles. The Balaban J connectivity index is 1.37. The van der Waals surface area contributed by atoms with Gasteiger partial charge < -0.3 is 14.7 Å². The number of halogens is 1. The van der Waals surface area contributed by atoms with E-state index in [0.29, 0.717) is 18.7 Å². The average molecular weight is 475 g/mol. The van der Waals surface area contributed by atoms with E-state index < -0.39 is 0 Å². The summed E-state index contributed by atoms with van der Waals surface area (Å²) < 4.78 is 18.6. The molecule has 2 fully saturated rings. The summed E-state index contributed by atoms with van der Waals surface area (Å²) >= 11 is 0. The molecule has 1 N–H and O–H groups in total. The van der Waals surface area contributed by atoms with E-state index in [0.717, 1.165) is 36.3 Å². The van der Waals surface area contributed by atoms with Crippen LogP contribution in [-0.4, -0.2) is 66.2 Å². The standard InChI is InChI=1S/C29H31FN2O3/c1-35-25-14-10-21(11-15-25)20-4-6-22(7-5-20)28-26-18-31(16-2-3-17-32(26)27(28)19-33)29(34)23-8-12-24(30)13-9-23/h4-15,26-28,33H,2-3,16-19H2,1H3/t26-,27+,28-/m0/s1. The van der Waals surface area contributed by atoms with E-state index in [1.54, 1.807) is 19.2 Å². The first-order valence-corrected chi connectivity index (χ1v) is 12.2. The van der Waals surface area contributed by atoms with Crippen LogP contribution in [0.4, 0.5) is 4.39 Å². The summed E-state index contributed by atoms with van der Waals surface area (Å²) in [6.07, 6.45) is 1.89. The van der Waals surface area contributed by atoms with Crippen molar-refractivity contribution in [2.75, 3.05) is 33.4 Å². The molecule has 2 saturated heterocycles. The zero-order chi connectivity index (χ0) is 24.4. The van der Waals surface area contributed by atoms with Crippen molar-refractivity contribution in [3.63, 3.8) is 0 Å². The van der Waals surface area contributed by atoms with Gasteiger partial charge in [-0.25, -0.2) is 4.39 Å². The van der Waals surface area contributed by atoms with Crippen LogP contribution < -0.4 is 4.74 Å². The van der Waals surface area contributed by atoms with Gasteiger partial charge in [-0.15, -0.1) is 0 Å². The van der Waals surface area contributed by atoms with Gasteiger partial charge in [-0.2, -0.15) is 0 Å². The third kappa shape index (κ3) is 4.68. The predicted molar refractivity (Wildman–Crippen MR) is 134 cm³/mol. The molecule has 5 nitrogen and oxygen atoms in total. The van der Waals surface area contributed by atoms with Crippen molar-refractivity contribution < 1.29 is 19.0 Å². The highest BCUT2D eigenvalue weighted by Crippen LogP contribution is 2.42. The Kier molecular flexibility index (Phi) is 6.84. The third-order valence-electron chi connectivity index (χ3n) is 7.47. The third-order valence-corrected chi connectivity index (χ3v) is 7.47. The molecule has 0 aliphatic carbocycles. The van der Waals surface area contributed by atoms with Crippen molar-refractivity contribution in [2.45, 2.75) is 30.8 Å². The molecular formula is C29H31FN2O3. The number of nitrogens with zero attached hydrogens (tertiary/aromatic N) is 2. The lowest BCUT2D eigenvalue weighted by Crippen LogP contribution is -2.67. The van der Waals surface area contributed by atoms with Gasteiger partial charge in [0.1, 0.15) is 11.6 Å². The maximum atomic E-state index is 13.4. The zero-order valence-corrected chi connectivity index (χ0v) is 19.9. The van der Waals surface area contributed by atoms with Gasteiger partial charge in [0.15, 0.2) is 0 Å². The second kappa shape index (κ2) is 10.2. The van der Waals surface area contributed by atoms with Crippen molar-refractivity contribution in [3.05, 3.63) is 89.7 Å². The summed E-state index contributed by atoms with van der Waals surface area (Å²) in [4.78, 5) is 17.5. The number of aliphatic hydroxyl groups is 1. The Bertz CT molecular complexity index is 1150. The largest absolute Gasteiger partial charge is 0.497 e. The molecule has 0 spiro atoms. The summed E-state index contributed by atoms with van der Waals surface area (Å²) in [5.41, 5.74) is 3.93. The first-order valence-electron chi connectivity index (χ1n) is 12.2. The van der Waals surface area contributed by atoms with Crippen LogP contribution in [0.1, 0.15) is 34.7 Å².